The molecule has 3 heteroatoms. The highest BCUT2D eigenvalue weighted by Gasteiger charge is 2.30. The zero-order valence-electron chi connectivity index (χ0n) is 13.9. The number of rotatable bonds is 3. The molecule has 24 heavy (non-hydrogen) atoms. The Balaban J connectivity index is 1.59. The van der Waals surface area contributed by atoms with Gasteiger partial charge < -0.3 is 10.2 Å². The minimum atomic E-state index is 0.275. The van der Waals surface area contributed by atoms with Gasteiger partial charge in [0.1, 0.15) is 0 Å². The molecule has 2 aliphatic rings. The lowest BCUT2D eigenvalue weighted by atomic mass is 9.84. The molecule has 1 N–H and O–H groups in total. The minimum absolute atomic E-state index is 0.275. The number of hydrogen-bond donors (Lipinski definition) is 1. The second-order valence-electron chi connectivity index (χ2n) is 6.93. The third-order valence-electron chi connectivity index (χ3n) is 5.33. The van der Waals surface area contributed by atoms with Crippen LogP contribution in [0.15, 0.2) is 54.6 Å². The van der Waals surface area contributed by atoms with Crippen molar-refractivity contribution in [2.75, 3.05) is 13.1 Å². The van der Waals surface area contributed by atoms with Crippen LogP contribution < -0.4 is 5.32 Å². The molecule has 0 radical (unpaired) electrons. The lowest BCUT2D eigenvalue weighted by Crippen LogP contribution is -2.41. The van der Waals surface area contributed by atoms with Crippen LogP contribution in [0.25, 0.3) is 0 Å². The van der Waals surface area contributed by atoms with Gasteiger partial charge in [-0.1, -0.05) is 54.6 Å². The molecule has 2 heterocycles. The SMILES string of the molecule is O=C(CC1CCCN1)N1Cc2ccccc2C(c2ccccc2)C1. The molecule has 0 aliphatic carbocycles. The van der Waals surface area contributed by atoms with E-state index < -0.39 is 0 Å². The molecule has 4 rings (SSSR count). The Kier molecular flexibility index (Phi) is 4.35. The van der Waals surface area contributed by atoms with Crippen molar-refractivity contribution in [2.24, 2.45) is 0 Å². The lowest BCUT2D eigenvalue weighted by molar-refractivity contribution is -0.132. The monoisotopic (exact) mass is 320 g/mol. The van der Waals surface area contributed by atoms with Crippen molar-refractivity contribution in [1.29, 1.82) is 0 Å². The molecule has 0 spiro atoms. The van der Waals surface area contributed by atoms with Gasteiger partial charge in [-0.2, -0.15) is 0 Å². The van der Waals surface area contributed by atoms with Gasteiger partial charge in [0.15, 0.2) is 0 Å². The average Bonchev–Trinajstić information content (AvgIpc) is 3.14. The molecule has 1 fully saturated rings. The van der Waals surface area contributed by atoms with Crippen LogP contribution in [-0.4, -0.2) is 29.9 Å². The first-order valence-corrected chi connectivity index (χ1v) is 8.95. The number of nitrogens with one attached hydrogen (secondary N) is 1. The molecule has 2 aromatic rings. The summed E-state index contributed by atoms with van der Waals surface area (Å²) in [6.45, 7) is 2.57. The summed E-state index contributed by atoms with van der Waals surface area (Å²) in [6.07, 6.45) is 2.94. The van der Waals surface area contributed by atoms with Crippen molar-refractivity contribution in [2.45, 2.75) is 37.8 Å². The first-order chi connectivity index (χ1) is 11.8. The van der Waals surface area contributed by atoms with Gasteiger partial charge in [0.25, 0.3) is 0 Å². The maximum atomic E-state index is 12.8. The first-order valence-electron chi connectivity index (χ1n) is 8.95. The molecule has 1 saturated heterocycles. The zero-order chi connectivity index (χ0) is 16.4. The van der Waals surface area contributed by atoms with Crippen LogP contribution in [0, 0.1) is 0 Å². The summed E-state index contributed by atoms with van der Waals surface area (Å²) in [7, 11) is 0. The molecule has 0 bridgehead atoms. The van der Waals surface area contributed by atoms with Crippen LogP contribution in [0.2, 0.25) is 0 Å². The van der Waals surface area contributed by atoms with Gasteiger partial charge in [-0.25, -0.2) is 0 Å². The molecule has 0 aromatic heterocycles. The van der Waals surface area contributed by atoms with Gasteiger partial charge >= 0.3 is 0 Å². The molecular weight excluding hydrogens is 296 g/mol. The summed E-state index contributed by atoms with van der Waals surface area (Å²) >= 11 is 0. The van der Waals surface area contributed by atoms with Crippen molar-refractivity contribution in [3.05, 3.63) is 71.3 Å². The number of nitrogens with zero attached hydrogens (tertiary/aromatic N) is 1. The smallest absolute Gasteiger partial charge is 0.224 e. The summed E-state index contributed by atoms with van der Waals surface area (Å²) in [5, 5.41) is 3.44. The Morgan fingerprint density at radius 2 is 1.88 bits per heavy atom. The van der Waals surface area contributed by atoms with Gasteiger partial charge in [0, 0.05) is 31.5 Å². The van der Waals surface area contributed by atoms with Gasteiger partial charge in [-0.05, 0) is 36.1 Å². The topological polar surface area (TPSA) is 32.3 Å². The summed E-state index contributed by atoms with van der Waals surface area (Å²) < 4.78 is 0. The van der Waals surface area contributed by atoms with Crippen LogP contribution in [0.4, 0.5) is 0 Å². The number of amides is 1. The predicted octanol–water partition coefficient (Wildman–Crippen LogP) is 3.30. The number of carbonyl (C=O) groups excluding carboxylic acids is 1. The molecular formula is C21H24N2O. The van der Waals surface area contributed by atoms with Crippen molar-refractivity contribution < 1.29 is 4.79 Å². The Morgan fingerprint density at radius 3 is 2.67 bits per heavy atom. The Bertz CT molecular complexity index is 707. The molecule has 2 aromatic carbocycles. The minimum Gasteiger partial charge on any atom is -0.337 e. The van der Waals surface area contributed by atoms with Crippen molar-refractivity contribution in [3.63, 3.8) is 0 Å². The van der Waals surface area contributed by atoms with E-state index in [1.165, 1.54) is 23.1 Å². The van der Waals surface area contributed by atoms with Crippen LogP contribution >= 0.6 is 0 Å². The first kappa shape index (κ1) is 15.4. The summed E-state index contributed by atoms with van der Waals surface area (Å²) in [5.74, 6) is 0.557. The largest absolute Gasteiger partial charge is 0.337 e. The molecule has 3 nitrogen and oxygen atoms in total. The Labute approximate surface area is 143 Å². The molecule has 2 unspecified atom stereocenters. The molecule has 2 aliphatic heterocycles. The molecule has 2 atom stereocenters. The highest BCUT2D eigenvalue weighted by atomic mass is 16.2. The summed E-state index contributed by atoms with van der Waals surface area (Å²) in [5.41, 5.74) is 3.94. The fraction of sp³-hybridized carbons (Fsp3) is 0.381. The van der Waals surface area contributed by atoms with E-state index in [1.807, 2.05) is 6.07 Å². The molecule has 1 amide bonds. The second-order valence-corrected chi connectivity index (χ2v) is 6.93. The van der Waals surface area contributed by atoms with E-state index in [-0.39, 0.29) is 11.8 Å². The van der Waals surface area contributed by atoms with Crippen LogP contribution in [-0.2, 0) is 11.3 Å². The van der Waals surface area contributed by atoms with E-state index >= 15 is 0 Å². The maximum Gasteiger partial charge on any atom is 0.224 e. The zero-order valence-corrected chi connectivity index (χ0v) is 13.9. The Hall–Kier alpha value is -2.13. The maximum absolute atomic E-state index is 12.8. The van der Waals surface area contributed by atoms with Crippen molar-refractivity contribution in [1.82, 2.24) is 10.2 Å². The highest BCUT2D eigenvalue weighted by Crippen LogP contribution is 2.33. The third kappa shape index (κ3) is 3.09. The van der Waals surface area contributed by atoms with Crippen molar-refractivity contribution >= 4 is 5.91 Å². The van der Waals surface area contributed by atoms with E-state index in [0.29, 0.717) is 12.5 Å². The fourth-order valence-corrected chi connectivity index (χ4v) is 4.04. The highest BCUT2D eigenvalue weighted by molar-refractivity contribution is 5.77. The number of hydrogen-bond acceptors (Lipinski definition) is 2. The second kappa shape index (κ2) is 6.78. The summed E-state index contributed by atoms with van der Waals surface area (Å²) in [6, 6.07) is 19.5. The quantitative estimate of drug-likeness (QED) is 0.941. The van der Waals surface area contributed by atoms with Gasteiger partial charge in [0.2, 0.25) is 5.91 Å². The molecule has 0 saturated carbocycles. The van der Waals surface area contributed by atoms with Gasteiger partial charge in [-0.15, -0.1) is 0 Å². The predicted molar refractivity (Wildman–Crippen MR) is 95.8 cm³/mol. The average molecular weight is 320 g/mol. The summed E-state index contributed by atoms with van der Waals surface area (Å²) in [4.78, 5) is 14.9. The lowest BCUT2D eigenvalue weighted by Gasteiger charge is -2.35. The van der Waals surface area contributed by atoms with Crippen molar-refractivity contribution in [3.8, 4) is 0 Å². The molecule has 124 valence electrons. The normalized spacial score (nSPS) is 23.1. The standard InChI is InChI=1S/C21H24N2O/c24-21(13-18-10-6-12-22-18)23-14-17-9-4-5-11-19(17)20(15-23)16-7-2-1-3-8-16/h1-5,7-9,11,18,20,22H,6,10,12-15H2. The van der Waals surface area contributed by atoms with Crippen LogP contribution in [0.5, 0.6) is 0 Å². The third-order valence-corrected chi connectivity index (χ3v) is 5.33. The van der Waals surface area contributed by atoms with Crippen LogP contribution in [0.3, 0.4) is 0 Å². The van der Waals surface area contributed by atoms with E-state index in [1.54, 1.807) is 0 Å². The number of fused-ring (bicyclic) bond motifs is 1. The van der Waals surface area contributed by atoms with Gasteiger partial charge in [-0.3, -0.25) is 4.79 Å². The number of benzene rings is 2. The van der Waals surface area contributed by atoms with E-state index in [9.17, 15) is 4.79 Å². The van der Waals surface area contributed by atoms with E-state index in [4.69, 9.17) is 0 Å². The Morgan fingerprint density at radius 1 is 1.08 bits per heavy atom. The van der Waals surface area contributed by atoms with E-state index in [0.717, 1.165) is 26.1 Å². The van der Waals surface area contributed by atoms with Crippen LogP contribution in [0.1, 0.15) is 41.9 Å². The van der Waals surface area contributed by atoms with E-state index in [2.05, 4.69) is 58.7 Å². The number of carbonyl (C=O) groups is 1. The fourth-order valence-electron chi connectivity index (χ4n) is 4.04. The van der Waals surface area contributed by atoms with Gasteiger partial charge in [0.05, 0.1) is 0 Å².